The molecule has 3 rings (SSSR count). The van der Waals surface area contributed by atoms with Crippen molar-refractivity contribution in [1.82, 2.24) is 15.6 Å². The molecule has 1 aromatic heterocycles. The smallest absolute Gasteiger partial charge is 0.252 e. The fraction of sp³-hybridized carbons (Fsp3) is 0.500. The third-order valence-electron chi connectivity index (χ3n) is 4.89. The molecule has 2 aromatic rings. The summed E-state index contributed by atoms with van der Waals surface area (Å²) in [4.78, 5) is 15.8. The molecule has 5 nitrogen and oxygen atoms in total. The summed E-state index contributed by atoms with van der Waals surface area (Å²) >= 11 is 0. The second-order valence-corrected chi connectivity index (χ2v) is 6.27. The van der Waals surface area contributed by atoms with Gasteiger partial charge in [-0.15, -0.1) is 0 Å². The lowest BCUT2D eigenvalue weighted by Gasteiger charge is -2.34. The van der Waals surface area contributed by atoms with Crippen molar-refractivity contribution >= 4 is 16.8 Å². The van der Waals surface area contributed by atoms with Crippen molar-refractivity contribution in [3.05, 3.63) is 35.5 Å². The number of hydrogen-bond acceptors (Lipinski definition) is 3. The summed E-state index contributed by atoms with van der Waals surface area (Å²) in [6.07, 6.45) is 4.30. The molecule has 5 heteroatoms. The van der Waals surface area contributed by atoms with Crippen LogP contribution in [-0.2, 0) is 16.0 Å². The minimum Gasteiger partial charge on any atom is -0.368 e. The Morgan fingerprint density at radius 3 is 2.87 bits per heavy atom. The van der Waals surface area contributed by atoms with Gasteiger partial charge < -0.3 is 20.4 Å². The van der Waals surface area contributed by atoms with E-state index in [0.29, 0.717) is 6.54 Å². The zero-order valence-electron chi connectivity index (χ0n) is 13.9. The summed E-state index contributed by atoms with van der Waals surface area (Å²) in [7, 11) is 1.63. The monoisotopic (exact) mass is 315 g/mol. The van der Waals surface area contributed by atoms with Gasteiger partial charge in [-0.05, 0) is 56.5 Å². The van der Waals surface area contributed by atoms with E-state index < -0.39 is 5.60 Å². The lowest BCUT2D eigenvalue weighted by Crippen LogP contribution is -2.54. The van der Waals surface area contributed by atoms with Gasteiger partial charge in [-0.3, -0.25) is 4.79 Å². The van der Waals surface area contributed by atoms with E-state index in [1.807, 2.05) is 6.20 Å². The fourth-order valence-electron chi connectivity index (χ4n) is 3.47. The number of methoxy groups -OCH3 is 1. The second kappa shape index (κ2) is 6.72. The number of amides is 1. The first-order chi connectivity index (χ1) is 11.2. The van der Waals surface area contributed by atoms with Gasteiger partial charge in [0.25, 0.3) is 5.91 Å². The van der Waals surface area contributed by atoms with E-state index in [1.54, 1.807) is 7.11 Å². The number of nitrogens with one attached hydrogen (secondary N) is 3. The van der Waals surface area contributed by atoms with Crippen molar-refractivity contribution in [2.24, 2.45) is 0 Å². The first kappa shape index (κ1) is 16.0. The number of piperidine rings is 1. The lowest BCUT2D eigenvalue weighted by molar-refractivity contribution is -0.146. The van der Waals surface area contributed by atoms with Gasteiger partial charge in [-0.1, -0.05) is 12.1 Å². The van der Waals surface area contributed by atoms with E-state index in [-0.39, 0.29) is 5.91 Å². The van der Waals surface area contributed by atoms with Crippen LogP contribution >= 0.6 is 0 Å². The Morgan fingerprint density at radius 2 is 2.13 bits per heavy atom. The number of benzene rings is 1. The predicted molar refractivity (Wildman–Crippen MR) is 91.6 cm³/mol. The van der Waals surface area contributed by atoms with Gasteiger partial charge in [-0.25, -0.2) is 0 Å². The number of carbonyl (C=O) groups is 1. The van der Waals surface area contributed by atoms with Gasteiger partial charge in [0.1, 0.15) is 5.60 Å². The summed E-state index contributed by atoms with van der Waals surface area (Å²) in [5, 5.41) is 7.60. The number of rotatable bonds is 5. The highest BCUT2D eigenvalue weighted by Gasteiger charge is 2.39. The molecule has 1 aliphatic rings. The zero-order valence-corrected chi connectivity index (χ0v) is 13.9. The molecule has 124 valence electrons. The van der Waals surface area contributed by atoms with Crippen molar-refractivity contribution in [3.63, 3.8) is 0 Å². The van der Waals surface area contributed by atoms with Crippen LogP contribution in [-0.4, -0.2) is 43.2 Å². The van der Waals surface area contributed by atoms with Crippen molar-refractivity contribution in [3.8, 4) is 0 Å². The number of H-pyrrole nitrogens is 1. The molecule has 0 spiro atoms. The van der Waals surface area contributed by atoms with Crippen LogP contribution < -0.4 is 10.6 Å². The van der Waals surface area contributed by atoms with Crippen LogP contribution in [0.15, 0.2) is 24.4 Å². The summed E-state index contributed by atoms with van der Waals surface area (Å²) in [5.41, 5.74) is 2.99. The van der Waals surface area contributed by atoms with Crippen molar-refractivity contribution in [2.45, 2.75) is 31.8 Å². The maximum atomic E-state index is 12.5. The van der Waals surface area contributed by atoms with E-state index in [1.165, 1.54) is 16.5 Å². The van der Waals surface area contributed by atoms with Crippen LogP contribution in [0, 0.1) is 6.92 Å². The molecule has 1 aliphatic heterocycles. The molecule has 23 heavy (non-hydrogen) atoms. The highest BCUT2D eigenvalue weighted by molar-refractivity contribution is 5.87. The van der Waals surface area contributed by atoms with Crippen molar-refractivity contribution < 1.29 is 9.53 Å². The maximum Gasteiger partial charge on any atom is 0.252 e. The van der Waals surface area contributed by atoms with E-state index in [4.69, 9.17) is 4.74 Å². The maximum absolute atomic E-state index is 12.5. The van der Waals surface area contributed by atoms with Crippen LogP contribution in [0.3, 0.4) is 0 Å². The van der Waals surface area contributed by atoms with Crippen molar-refractivity contribution in [1.29, 1.82) is 0 Å². The van der Waals surface area contributed by atoms with Gasteiger partial charge in [0, 0.05) is 30.8 Å². The average Bonchev–Trinajstić information content (AvgIpc) is 3.00. The Bertz CT molecular complexity index is 687. The van der Waals surface area contributed by atoms with Gasteiger partial charge in [0.15, 0.2) is 0 Å². The van der Waals surface area contributed by atoms with Gasteiger partial charge in [-0.2, -0.15) is 0 Å². The number of aromatic amines is 1. The van der Waals surface area contributed by atoms with Gasteiger partial charge >= 0.3 is 0 Å². The Kier molecular flexibility index (Phi) is 4.68. The molecule has 0 bridgehead atoms. The van der Waals surface area contributed by atoms with Crippen LogP contribution in [0.25, 0.3) is 10.9 Å². The molecule has 2 heterocycles. The van der Waals surface area contributed by atoms with Gasteiger partial charge in [0.2, 0.25) is 0 Å². The van der Waals surface area contributed by atoms with E-state index >= 15 is 0 Å². The van der Waals surface area contributed by atoms with E-state index in [9.17, 15) is 4.79 Å². The summed E-state index contributed by atoms with van der Waals surface area (Å²) < 4.78 is 5.56. The Labute approximate surface area is 136 Å². The fourth-order valence-corrected chi connectivity index (χ4v) is 3.47. The van der Waals surface area contributed by atoms with Crippen LogP contribution in [0.1, 0.15) is 24.0 Å². The predicted octanol–water partition coefficient (Wildman–Crippen LogP) is 1.90. The second-order valence-electron chi connectivity index (χ2n) is 6.27. The van der Waals surface area contributed by atoms with Crippen molar-refractivity contribution in [2.75, 3.05) is 26.7 Å². The summed E-state index contributed by atoms with van der Waals surface area (Å²) in [6, 6.07) is 6.26. The molecule has 1 saturated heterocycles. The first-order valence-corrected chi connectivity index (χ1v) is 8.26. The molecule has 0 atom stereocenters. The van der Waals surface area contributed by atoms with Crippen LogP contribution in [0.5, 0.6) is 0 Å². The number of ether oxygens (including phenoxy) is 1. The SMILES string of the molecule is COC1(C(=O)NCCc2c[nH]c3cccc(C)c23)CCNCC1. The highest BCUT2D eigenvalue weighted by Crippen LogP contribution is 2.24. The van der Waals surface area contributed by atoms with Crippen LogP contribution in [0.4, 0.5) is 0 Å². The molecule has 0 saturated carbocycles. The lowest BCUT2D eigenvalue weighted by atomic mass is 9.91. The minimum atomic E-state index is -0.665. The molecule has 1 fully saturated rings. The van der Waals surface area contributed by atoms with Crippen LogP contribution in [0.2, 0.25) is 0 Å². The normalized spacial score (nSPS) is 17.3. The third kappa shape index (κ3) is 3.12. The molecule has 3 N–H and O–H groups in total. The minimum absolute atomic E-state index is 0.0121. The average molecular weight is 315 g/mol. The summed E-state index contributed by atoms with van der Waals surface area (Å²) in [6.45, 7) is 4.39. The number of aryl methyl sites for hydroxylation is 1. The van der Waals surface area contributed by atoms with Gasteiger partial charge in [0.05, 0.1) is 0 Å². The number of aromatic nitrogens is 1. The van der Waals surface area contributed by atoms with E-state index in [2.05, 4.69) is 40.7 Å². The molecule has 0 unspecified atom stereocenters. The summed E-state index contributed by atoms with van der Waals surface area (Å²) in [5.74, 6) is 0.0121. The standard InChI is InChI=1S/C18H25N3O2/c1-13-4-3-5-15-16(13)14(12-21-15)6-9-20-17(22)18(23-2)7-10-19-11-8-18/h3-5,12,19,21H,6-11H2,1-2H3,(H,20,22). The molecular formula is C18H25N3O2. The quantitative estimate of drug-likeness (QED) is 0.789. The third-order valence-corrected chi connectivity index (χ3v) is 4.89. The number of fused-ring (bicyclic) bond motifs is 1. The number of carbonyl (C=O) groups excluding carboxylic acids is 1. The highest BCUT2D eigenvalue weighted by atomic mass is 16.5. The molecule has 1 amide bonds. The molecule has 0 aliphatic carbocycles. The Morgan fingerprint density at radius 1 is 1.35 bits per heavy atom. The Hall–Kier alpha value is -1.85. The molecular weight excluding hydrogens is 290 g/mol. The zero-order chi connectivity index (χ0) is 16.3. The first-order valence-electron chi connectivity index (χ1n) is 8.26. The number of hydrogen-bond donors (Lipinski definition) is 3. The Balaban J connectivity index is 1.63. The van der Waals surface area contributed by atoms with E-state index in [0.717, 1.165) is 37.9 Å². The topological polar surface area (TPSA) is 66.1 Å². The largest absolute Gasteiger partial charge is 0.368 e. The molecule has 1 aromatic carbocycles. The molecule has 0 radical (unpaired) electrons.